The van der Waals surface area contributed by atoms with E-state index in [0.717, 1.165) is 36.9 Å². The van der Waals surface area contributed by atoms with Crippen molar-refractivity contribution in [3.63, 3.8) is 0 Å². The van der Waals surface area contributed by atoms with E-state index in [0.29, 0.717) is 17.3 Å². The largest absolute Gasteiger partial charge is 0.360 e. The summed E-state index contributed by atoms with van der Waals surface area (Å²) >= 11 is 0. The van der Waals surface area contributed by atoms with E-state index in [1.807, 2.05) is 0 Å². The molecule has 0 aliphatic heterocycles. The van der Waals surface area contributed by atoms with Crippen molar-refractivity contribution < 1.29 is 14.1 Å². The van der Waals surface area contributed by atoms with Crippen molar-refractivity contribution in [1.29, 1.82) is 0 Å². The van der Waals surface area contributed by atoms with Crippen molar-refractivity contribution in [3.05, 3.63) is 28.8 Å². The quantitative estimate of drug-likeness (QED) is 0.778. The van der Waals surface area contributed by atoms with Crippen LogP contribution in [0.4, 0.5) is 5.82 Å². The Bertz CT molecular complexity index is 703. The van der Waals surface area contributed by atoms with Gasteiger partial charge in [0.1, 0.15) is 5.76 Å². The molecule has 8 heteroatoms. The maximum atomic E-state index is 12.1. The first-order chi connectivity index (χ1) is 10.6. The number of hydrogen-bond acceptors (Lipinski definition) is 5. The number of aromatic amines is 1. The fraction of sp³-hybridized carbons (Fsp3) is 0.429. The molecule has 0 radical (unpaired) electrons. The van der Waals surface area contributed by atoms with Crippen LogP contribution in [0, 0.1) is 6.92 Å². The zero-order valence-corrected chi connectivity index (χ0v) is 12.2. The van der Waals surface area contributed by atoms with Crippen LogP contribution in [-0.4, -0.2) is 33.7 Å². The first-order valence-electron chi connectivity index (χ1n) is 7.21. The molecule has 0 atom stereocenters. The Labute approximate surface area is 126 Å². The molecule has 0 unspecified atom stereocenters. The number of anilines is 1. The molecule has 0 aromatic carbocycles. The average Bonchev–Trinajstić information content (AvgIpc) is 3.11. The van der Waals surface area contributed by atoms with Crippen molar-refractivity contribution in [1.82, 2.24) is 20.7 Å². The second-order valence-corrected chi connectivity index (χ2v) is 5.29. The summed E-state index contributed by atoms with van der Waals surface area (Å²) in [5.41, 5.74) is 2.38. The van der Waals surface area contributed by atoms with Crippen LogP contribution in [0.5, 0.6) is 0 Å². The number of rotatable bonds is 4. The van der Waals surface area contributed by atoms with Crippen molar-refractivity contribution in [2.75, 3.05) is 11.9 Å². The van der Waals surface area contributed by atoms with Crippen LogP contribution >= 0.6 is 0 Å². The van der Waals surface area contributed by atoms with E-state index in [1.54, 1.807) is 13.0 Å². The maximum Gasteiger partial charge on any atom is 0.272 e. The number of fused-ring (bicyclic) bond motifs is 1. The Kier molecular flexibility index (Phi) is 3.90. The lowest BCUT2D eigenvalue weighted by molar-refractivity contribution is -0.115. The molecule has 0 saturated carbocycles. The lowest BCUT2D eigenvalue weighted by atomic mass is 9.96. The molecule has 2 aromatic rings. The van der Waals surface area contributed by atoms with Crippen LogP contribution in [0.1, 0.15) is 40.3 Å². The second kappa shape index (κ2) is 6.00. The lowest BCUT2D eigenvalue weighted by Crippen LogP contribution is -2.33. The summed E-state index contributed by atoms with van der Waals surface area (Å²) in [6.07, 6.45) is 3.93. The van der Waals surface area contributed by atoms with Gasteiger partial charge in [-0.3, -0.25) is 14.7 Å². The number of H-pyrrole nitrogens is 1. The van der Waals surface area contributed by atoms with Crippen molar-refractivity contribution in [2.45, 2.75) is 32.6 Å². The van der Waals surface area contributed by atoms with Gasteiger partial charge >= 0.3 is 0 Å². The van der Waals surface area contributed by atoms with Gasteiger partial charge in [-0.25, -0.2) is 0 Å². The number of aryl methyl sites for hydroxylation is 2. The Morgan fingerprint density at radius 2 is 2.18 bits per heavy atom. The van der Waals surface area contributed by atoms with Crippen molar-refractivity contribution in [3.8, 4) is 0 Å². The van der Waals surface area contributed by atoms with Gasteiger partial charge in [-0.05, 0) is 32.6 Å². The van der Waals surface area contributed by atoms with Gasteiger partial charge in [0.15, 0.2) is 11.5 Å². The summed E-state index contributed by atoms with van der Waals surface area (Å²) in [6.45, 7) is 1.58. The number of nitrogens with zero attached hydrogens (tertiary/aromatic N) is 2. The number of hydrogen-bond donors (Lipinski definition) is 3. The zero-order valence-electron chi connectivity index (χ0n) is 12.2. The molecule has 1 aliphatic rings. The molecular weight excluding hydrogens is 286 g/mol. The van der Waals surface area contributed by atoms with E-state index in [9.17, 15) is 9.59 Å². The maximum absolute atomic E-state index is 12.1. The van der Waals surface area contributed by atoms with E-state index in [-0.39, 0.29) is 18.4 Å². The van der Waals surface area contributed by atoms with Gasteiger partial charge in [0.25, 0.3) is 5.91 Å². The van der Waals surface area contributed by atoms with Crippen LogP contribution in [0.25, 0.3) is 0 Å². The molecule has 22 heavy (non-hydrogen) atoms. The van der Waals surface area contributed by atoms with E-state index < -0.39 is 0 Å². The van der Waals surface area contributed by atoms with Gasteiger partial charge in [0.05, 0.1) is 6.54 Å². The van der Waals surface area contributed by atoms with Gasteiger partial charge in [-0.2, -0.15) is 5.10 Å². The van der Waals surface area contributed by atoms with E-state index >= 15 is 0 Å². The van der Waals surface area contributed by atoms with Crippen LogP contribution in [0.15, 0.2) is 10.6 Å². The average molecular weight is 303 g/mol. The molecule has 2 amide bonds. The van der Waals surface area contributed by atoms with E-state index in [1.165, 1.54) is 0 Å². The normalized spacial score (nSPS) is 13.5. The Hall–Kier alpha value is -2.64. The molecule has 0 fully saturated rings. The first-order valence-corrected chi connectivity index (χ1v) is 7.21. The molecule has 0 bridgehead atoms. The van der Waals surface area contributed by atoms with Crippen molar-refractivity contribution >= 4 is 17.6 Å². The first kappa shape index (κ1) is 14.3. The van der Waals surface area contributed by atoms with Crippen molar-refractivity contribution in [2.24, 2.45) is 0 Å². The fourth-order valence-corrected chi connectivity index (χ4v) is 2.53. The fourth-order valence-electron chi connectivity index (χ4n) is 2.53. The topological polar surface area (TPSA) is 113 Å². The molecule has 3 rings (SSSR count). The van der Waals surface area contributed by atoms with Crippen LogP contribution in [0.2, 0.25) is 0 Å². The Morgan fingerprint density at radius 1 is 1.36 bits per heavy atom. The minimum Gasteiger partial charge on any atom is -0.360 e. The minimum atomic E-state index is -0.369. The highest BCUT2D eigenvalue weighted by atomic mass is 16.5. The second-order valence-electron chi connectivity index (χ2n) is 5.29. The molecular formula is C14H17N5O3. The lowest BCUT2D eigenvalue weighted by Gasteiger charge is -2.11. The third kappa shape index (κ3) is 3.00. The highest BCUT2D eigenvalue weighted by Gasteiger charge is 2.21. The van der Waals surface area contributed by atoms with Gasteiger partial charge in [0, 0.05) is 17.3 Å². The monoisotopic (exact) mass is 303 g/mol. The summed E-state index contributed by atoms with van der Waals surface area (Å²) < 4.78 is 4.85. The van der Waals surface area contributed by atoms with Gasteiger partial charge in [-0.15, -0.1) is 0 Å². The van der Waals surface area contributed by atoms with E-state index in [2.05, 4.69) is 26.0 Å². The highest BCUT2D eigenvalue weighted by molar-refractivity contribution is 5.98. The van der Waals surface area contributed by atoms with Crippen LogP contribution < -0.4 is 10.6 Å². The standard InChI is InChI=1S/C14H17N5O3/c1-8-6-11(19-22-8)16-12(20)7-15-14(21)13-9-4-2-3-5-10(9)17-18-13/h6H,2-5,7H2,1H3,(H,15,21)(H,17,18)(H,16,19,20). The number of amides is 2. The number of carbonyl (C=O) groups is 2. The predicted octanol–water partition coefficient (Wildman–Crippen LogP) is 0.953. The third-order valence-corrected chi connectivity index (χ3v) is 3.58. The zero-order chi connectivity index (χ0) is 15.5. The summed E-state index contributed by atoms with van der Waals surface area (Å²) in [6, 6.07) is 1.60. The third-order valence-electron chi connectivity index (χ3n) is 3.58. The SMILES string of the molecule is Cc1cc(NC(=O)CNC(=O)c2n[nH]c3c2CCCC3)no1. The molecule has 1 aliphatic carbocycles. The summed E-state index contributed by atoms with van der Waals surface area (Å²) in [7, 11) is 0. The number of aromatic nitrogens is 3. The summed E-state index contributed by atoms with van der Waals surface area (Å²) in [4.78, 5) is 23.9. The predicted molar refractivity (Wildman–Crippen MR) is 77.4 cm³/mol. The smallest absolute Gasteiger partial charge is 0.272 e. The summed E-state index contributed by atoms with van der Waals surface area (Å²) in [5.74, 6) is 0.216. The molecule has 0 saturated heterocycles. The van der Waals surface area contributed by atoms with Gasteiger partial charge < -0.3 is 15.2 Å². The molecule has 2 aromatic heterocycles. The highest BCUT2D eigenvalue weighted by Crippen LogP contribution is 2.21. The minimum absolute atomic E-state index is 0.146. The van der Waals surface area contributed by atoms with Crippen LogP contribution in [-0.2, 0) is 17.6 Å². The summed E-state index contributed by atoms with van der Waals surface area (Å²) in [5, 5.41) is 15.7. The molecule has 8 nitrogen and oxygen atoms in total. The molecule has 0 spiro atoms. The van der Waals surface area contributed by atoms with Gasteiger partial charge in [0.2, 0.25) is 5.91 Å². The molecule has 116 valence electrons. The van der Waals surface area contributed by atoms with Crippen LogP contribution in [0.3, 0.4) is 0 Å². The van der Waals surface area contributed by atoms with Gasteiger partial charge in [-0.1, -0.05) is 5.16 Å². The molecule has 2 heterocycles. The van der Waals surface area contributed by atoms with E-state index in [4.69, 9.17) is 4.52 Å². The number of carbonyl (C=O) groups excluding carboxylic acids is 2. The molecule has 3 N–H and O–H groups in total. The number of nitrogens with one attached hydrogen (secondary N) is 3. The Balaban J connectivity index is 1.56. The Morgan fingerprint density at radius 3 is 2.95 bits per heavy atom.